The van der Waals surface area contributed by atoms with E-state index in [1.165, 1.54) is 18.5 Å². The molecule has 4 nitrogen and oxygen atoms in total. The highest BCUT2D eigenvalue weighted by Gasteiger charge is 2.24. The molecule has 0 aromatic carbocycles. The molecular weight excluding hydrogens is 238 g/mol. The summed E-state index contributed by atoms with van der Waals surface area (Å²) in [5, 5.41) is 3.39. The van der Waals surface area contributed by atoms with Crippen LogP contribution in [0.3, 0.4) is 0 Å². The highest BCUT2D eigenvalue weighted by Crippen LogP contribution is 2.22. The molecule has 0 radical (unpaired) electrons. The second-order valence-corrected chi connectivity index (χ2v) is 5.50. The molecule has 0 saturated carbocycles. The van der Waals surface area contributed by atoms with Crippen molar-refractivity contribution in [2.75, 3.05) is 31.1 Å². The molecule has 0 spiro atoms. The Labute approximate surface area is 115 Å². The number of anilines is 1. The third-order valence-corrected chi connectivity index (χ3v) is 4.08. The van der Waals surface area contributed by atoms with Crippen LogP contribution in [-0.2, 0) is 4.74 Å². The predicted molar refractivity (Wildman–Crippen MR) is 76.4 cm³/mol. The Morgan fingerprint density at radius 2 is 1.89 bits per heavy atom. The van der Waals surface area contributed by atoms with Gasteiger partial charge in [-0.1, -0.05) is 0 Å². The lowest BCUT2D eigenvalue weighted by molar-refractivity contribution is -0.0313. The van der Waals surface area contributed by atoms with E-state index in [-0.39, 0.29) is 0 Å². The highest BCUT2D eigenvalue weighted by molar-refractivity contribution is 5.45. The van der Waals surface area contributed by atoms with Gasteiger partial charge in [-0.15, -0.1) is 0 Å². The van der Waals surface area contributed by atoms with Gasteiger partial charge in [-0.25, -0.2) is 0 Å². The molecule has 1 N–H and O–H groups in total. The molecule has 2 saturated heterocycles. The smallest absolute Gasteiger partial charge is 0.0754 e. The number of ether oxygens (including phenoxy) is 1. The molecule has 2 fully saturated rings. The van der Waals surface area contributed by atoms with Gasteiger partial charge in [-0.3, -0.25) is 4.98 Å². The zero-order chi connectivity index (χ0) is 12.9. The molecule has 1 aromatic heterocycles. The molecule has 1 atom stereocenters. The van der Waals surface area contributed by atoms with Gasteiger partial charge in [-0.2, -0.15) is 0 Å². The second-order valence-electron chi connectivity index (χ2n) is 5.50. The predicted octanol–water partition coefficient (Wildman–Crippen LogP) is 1.82. The fraction of sp³-hybridized carbons (Fsp3) is 0.667. The van der Waals surface area contributed by atoms with Gasteiger partial charge in [0, 0.05) is 31.2 Å². The number of hydrogen-bond donors (Lipinski definition) is 1. The van der Waals surface area contributed by atoms with Crippen molar-refractivity contribution in [1.29, 1.82) is 0 Å². The monoisotopic (exact) mass is 261 g/mol. The van der Waals surface area contributed by atoms with Crippen LogP contribution in [0.15, 0.2) is 24.5 Å². The number of nitrogens with one attached hydrogen (secondary N) is 1. The van der Waals surface area contributed by atoms with E-state index < -0.39 is 0 Å². The minimum atomic E-state index is 0.394. The van der Waals surface area contributed by atoms with E-state index in [1.807, 2.05) is 12.4 Å². The van der Waals surface area contributed by atoms with Gasteiger partial charge in [0.1, 0.15) is 0 Å². The van der Waals surface area contributed by atoms with E-state index in [1.54, 1.807) is 0 Å². The van der Waals surface area contributed by atoms with Crippen molar-refractivity contribution in [3.8, 4) is 0 Å². The van der Waals surface area contributed by atoms with E-state index in [0.717, 1.165) is 39.0 Å². The maximum atomic E-state index is 6.29. The van der Waals surface area contributed by atoms with Crippen LogP contribution in [0.2, 0.25) is 0 Å². The molecular formula is C15H23N3O. The summed E-state index contributed by atoms with van der Waals surface area (Å²) < 4.78 is 6.29. The Morgan fingerprint density at radius 1 is 1.11 bits per heavy atom. The average molecular weight is 261 g/mol. The zero-order valence-electron chi connectivity index (χ0n) is 11.4. The molecule has 2 aliphatic heterocycles. The van der Waals surface area contributed by atoms with Crippen molar-refractivity contribution in [3.05, 3.63) is 24.5 Å². The number of nitrogens with zero attached hydrogens (tertiary/aromatic N) is 2. The molecule has 2 aliphatic rings. The second kappa shape index (κ2) is 6.35. The molecule has 3 heterocycles. The van der Waals surface area contributed by atoms with E-state index >= 15 is 0 Å². The molecule has 4 heteroatoms. The molecule has 0 bridgehead atoms. The molecule has 19 heavy (non-hydrogen) atoms. The lowest BCUT2D eigenvalue weighted by Gasteiger charge is -2.36. The van der Waals surface area contributed by atoms with Crippen molar-refractivity contribution in [2.24, 2.45) is 0 Å². The number of hydrogen-bond acceptors (Lipinski definition) is 4. The highest BCUT2D eigenvalue weighted by atomic mass is 16.5. The van der Waals surface area contributed by atoms with E-state index in [0.29, 0.717) is 12.2 Å². The summed E-state index contributed by atoms with van der Waals surface area (Å²) >= 11 is 0. The van der Waals surface area contributed by atoms with Crippen LogP contribution in [0, 0.1) is 0 Å². The third-order valence-electron chi connectivity index (χ3n) is 4.08. The van der Waals surface area contributed by atoms with Crippen molar-refractivity contribution in [1.82, 2.24) is 10.3 Å². The van der Waals surface area contributed by atoms with Crippen LogP contribution in [0.1, 0.15) is 25.7 Å². The van der Waals surface area contributed by atoms with Crippen molar-refractivity contribution in [2.45, 2.75) is 37.9 Å². The van der Waals surface area contributed by atoms with Gasteiger partial charge >= 0.3 is 0 Å². The molecule has 0 aliphatic carbocycles. The van der Waals surface area contributed by atoms with Crippen LogP contribution in [-0.4, -0.2) is 43.4 Å². The first-order chi connectivity index (χ1) is 9.42. The molecule has 1 unspecified atom stereocenters. The first-order valence-corrected chi connectivity index (χ1v) is 7.43. The lowest BCUT2D eigenvalue weighted by Crippen LogP contribution is -2.43. The first kappa shape index (κ1) is 12.9. The Morgan fingerprint density at radius 3 is 2.68 bits per heavy atom. The zero-order valence-corrected chi connectivity index (χ0v) is 11.4. The molecule has 104 valence electrons. The largest absolute Gasteiger partial charge is 0.373 e. The van der Waals surface area contributed by atoms with E-state index in [9.17, 15) is 0 Å². The number of piperidine rings is 2. The van der Waals surface area contributed by atoms with E-state index in [4.69, 9.17) is 4.74 Å². The summed E-state index contributed by atoms with van der Waals surface area (Å²) in [5.41, 5.74) is 1.27. The quantitative estimate of drug-likeness (QED) is 0.900. The molecule has 1 aromatic rings. The summed E-state index contributed by atoms with van der Waals surface area (Å²) in [7, 11) is 0. The lowest BCUT2D eigenvalue weighted by atomic mass is 10.1. The minimum Gasteiger partial charge on any atom is -0.373 e. The fourth-order valence-corrected chi connectivity index (χ4v) is 3.04. The molecule has 0 amide bonds. The SMILES string of the molecule is c1cc(N2CCCC(OC3CCNCC3)C2)ccn1. The standard InChI is InChI=1S/C15H23N3O/c1-2-15(19-14-5-9-17-10-6-14)12-18(11-1)13-3-7-16-8-4-13/h3-4,7-8,14-15,17H,1-2,5-6,9-12H2. The van der Waals surface area contributed by atoms with Crippen LogP contribution in [0.4, 0.5) is 5.69 Å². The fourth-order valence-electron chi connectivity index (χ4n) is 3.04. The average Bonchev–Trinajstić information content (AvgIpc) is 2.49. The van der Waals surface area contributed by atoms with Gasteiger partial charge in [0.2, 0.25) is 0 Å². The summed E-state index contributed by atoms with van der Waals surface area (Å²) in [6.07, 6.45) is 9.33. The van der Waals surface area contributed by atoms with Gasteiger partial charge in [0.15, 0.2) is 0 Å². The minimum absolute atomic E-state index is 0.394. The summed E-state index contributed by atoms with van der Waals surface area (Å²) in [5.74, 6) is 0. The number of rotatable bonds is 3. The summed E-state index contributed by atoms with van der Waals surface area (Å²) in [6.45, 7) is 4.36. The van der Waals surface area contributed by atoms with Crippen LogP contribution in [0.5, 0.6) is 0 Å². The number of pyridine rings is 1. The Hall–Kier alpha value is -1.13. The first-order valence-electron chi connectivity index (χ1n) is 7.43. The van der Waals surface area contributed by atoms with Gasteiger partial charge < -0.3 is 15.0 Å². The number of aromatic nitrogens is 1. The molecule has 3 rings (SSSR count). The van der Waals surface area contributed by atoms with Crippen molar-refractivity contribution < 1.29 is 4.74 Å². The summed E-state index contributed by atoms with van der Waals surface area (Å²) in [6, 6.07) is 4.18. The Kier molecular flexibility index (Phi) is 4.30. The maximum Gasteiger partial charge on any atom is 0.0754 e. The van der Waals surface area contributed by atoms with Gasteiger partial charge in [0.25, 0.3) is 0 Å². The van der Waals surface area contributed by atoms with Crippen molar-refractivity contribution >= 4 is 5.69 Å². The Balaban J connectivity index is 1.55. The van der Waals surface area contributed by atoms with Crippen molar-refractivity contribution in [3.63, 3.8) is 0 Å². The van der Waals surface area contributed by atoms with Crippen LogP contribution in [0.25, 0.3) is 0 Å². The Bertz CT molecular complexity index is 378. The van der Waals surface area contributed by atoms with Gasteiger partial charge in [0.05, 0.1) is 12.2 Å². The maximum absolute atomic E-state index is 6.29. The van der Waals surface area contributed by atoms with Gasteiger partial charge in [-0.05, 0) is 50.9 Å². The van der Waals surface area contributed by atoms with Crippen LogP contribution >= 0.6 is 0 Å². The summed E-state index contributed by atoms with van der Waals surface area (Å²) in [4.78, 5) is 6.52. The normalized spacial score (nSPS) is 25.5. The van der Waals surface area contributed by atoms with E-state index in [2.05, 4.69) is 27.3 Å². The van der Waals surface area contributed by atoms with Crippen LogP contribution < -0.4 is 10.2 Å². The topological polar surface area (TPSA) is 37.4 Å². The third kappa shape index (κ3) is 3.45.